The Morgan fingerprint density at radius 2 is 1.80 bits per heavy atom. The van der Waals surface area contributed by atoms with E-state index < -0.39 is 0 Å². The summed E-state index contributed by atoms with van der Waals surface area (Å²) in [5.41, 5.74) is 0. The molecule has 1 atom stereocenters. The van der Waals surface area contributed by atoms with Crippen molar-refractivity contribution in [2.75, 3.05) is 32.7 Å². The molecule has 1 unspecified atom stereocenters. The lowest BCUT2D eigenvalue weighted by molar-refractivity contribution is 0.116. The first-order valence-corrected chi connectivity index (χ1v) is 6.21. The van der Waals surface area contributed by atoms with E-state index in [1.165, 1.54) is 6.42 Å². The van der Waals surface area contributed by atoms with Gasteiger partial charge in [-0.1, -0.05) is 27.7 Å². The molecule has 0 aliphatic rings. The average Bonchev–Trinajstić information content (AvgIpc) is 2.20. The molecule has 0 saturated carbocycles. The van der Waals surface area contributed by atoms with E-state index in [0.29, 0.717) is 6.54 Å². The molecule has 0 bridgehead atoms. The second-order valence-corrected chi connectivity index (χ2v) is 4.53. The Balaban J connectivity index is 3.43. The largest absolute Gasteiger partial charge is 0.390 e. The van der Waals surface area contributed by atoms with Crippen molar-refractivity contribution in [1.29, 1.82) is 0 Å². The maximum absolute atomic E-state index is 9.74. The average molecular weight is 216 g/mol. The molecule has 0 spiro atoms. The Morgan fingerprint density at radius 1 is 1.20 bits per heavy atom. The van der Waals surface area contributed by atoms with Crippen molar-refractivity contribution in [3.63, 3.8) is 0 Å². The van der Waals surface area contributed by atoms with E-state index in [0.717, 1.165) is 32.1 Å². The van der Waals surface area contributed by atoms with Crippen LogP contribution in [0, 0.1) is 5.92 Å². The van der Waals surface area contributed by atoms with Crippen LogP contribution < -0.4 is 5.32 Å². The van der Waals surface area contributed by atoms with Gasteiger partial charge in [-0.05, 0) is 32.0 Å². The summed E-state index contributed by atoms with van der Waals surface area (Å²) in [7, 11) is 0. The predicted octanol–water partition coefficient (Wildman–Crippen LogP) is 1.32. The third-order valence-corrected chi connectivity index (χ3v) is 2.64. The van der Waals surface area contributed by atoms with Gasteiger partial charge in [0.15, 0.2) is 0 Å². The molecule has 0 aromatic carbocycles. The molecule has 0 amide bonds. The van der Waals surface area contributed by atoms with Gasteiger partial charge in [0.2, 0.25) is 0 Å². The van der Waals surface area contributed by atoms with E-state index in [1.807, 2.05) is 0 Å². The molecule has 0 fully saturated rings. The van der Waals surface area contributed by atoms with Gasteiger partial charge in [0.25, 0.3) is 0 Å². The maximum Gasteiger partial charge on any atom is 0.0791 e. The molecule has 2 N–H and O–H groups in total. The Hall–Kier alpha value is -0.120. The second-order valence-electron chi connectivity index (χ2n) is 4.53. The highest BCUT2D eigenvalue weighted by molar-refractivity contribution is 4.65. The highest BCUT2D eigenvalue weighted by atomic mass is 16.3. The normalized spacial score (nSPS) is 13.8. The lowest BCUT2D eigenvalue weighted by Gasteiger charge is -2.22. The molecular weight excluding hydrogens is 188 g/mol. The second kappa shape index (κ2) is 9.13. The molecule has 0 saturated heterocycles. The first-order chi connectivity index (χ1) is 7.10. The van der Waals surface area contributed by atoms with Crippen molar-refractivity contribution in [1.82, 2.24) is 10.2 Å². The molecule has 0 aromatic rings. The summed E-state index contributed by atoms with van der Waals surface area (Å²) in [4.78, 5) is 2.24. The topological polar surface area (TPSA) is 35.5 Å². The van der Waals surface area contributed by atoms with Crippen molar-refractivity contribution < 1.29 is 5.11 Å². The molecule has 0 radical (unpaired) electrons. The maximum atomic E-state index is 9.74. The molecule has 0 aromatic heterocycles. The van der Waals surface area contributed by atoms with Crippen LogP contribution in [0.25, 0.3) is 0 Å². The van der Waals surface area contributed by atoms with Gasteiger partial charge in [0.1, 0.15) is 0 Å². The summed E-state index contributed by atoms with van der Waals surface area (Å²) in [6.45, 7) is 13.2. The van der Waals surface area contributed by atoms with Gasteiger partial charge in [-0.15, -0.1) is 0 Å². The Kier molecular flexibility index (Phi) is 9.06. The Morgan fingerprint density at radius 3 is 2.27 bits per heavy atom. The zero-order chi connectivity index (χ0) is 11.7. The molecule has 0 rings (SSSR count). The smallest absolute Gasteiger partial charge is 0.0791 e. The summed E-state index contributed by atoms with van der Waals surface area (Å²) in [6.07, 6.45) is 0.940. The third-order valence-electron chi connectivity index (χ3n) is 2.64. The summed E-state index contributed by atoms with van der Waals surface area (Å²) in [5.74, 6) is 0.734. The number of nitrogens with one attached hydrogen (secondary N) is 1. The number of hydrogen-bond donors (Lipinski definition) is 2. The number of aliphatic hydroxyl groups is 1. The Bertz CT molecular complexity index is 136. The molecule has 3 nitrogen and oxygen atoms in total. The minimum absolute atomic E-state index is 0.239. The zero-order valence-corrected chi connectivity index (χ0v) is 10.8. The van der Waals surface area contributed by atoms with Crippen LogP contribution >= 0.6 is 0 Å². The van der Waals surface area contributed by atoms with Crippen LogP contribution in [0.4, 0.5) is 0 Å². The van der Waals surface area contributed by atoms with E-state index in [-0.39, 0.29) is 6.10 Å². The van der Waals surface area contributed by atoms with Crippen molar-refractivity contribution in [2.24, 2.45) is 5.92 Å². The number of aliphatic hydroxyl groups excluding tert-OH is 1. The number of likely N-dealkylation sites (N-methyl/N-ethyl adjacent to an activating group) is 1. The summed E-state index contributed by atoms with van der Waals surface area (Å²) in [6, 6.07) is 0. The summed E-state index contributed by atoms with van der Waals surface area (Å²) >= 11 is 0. The number of rotatable bonds is 9. The van der Waals surface area contributed by atoms with E-state index in [9.17, 15) is 5.11 Å². The zero-order valence-electron chi connectivity index (χ0n) is 10.8. The van der Waals surface area contributed by atoms with Crippen LogP contribution in [0.2, 0.25) is 0 Å². The highest BCUT2D eigenvalue weighted by Crippen LogP contribution is 1.96. The van der Waals surface area contributed by atoms with Gasteiger partial charge in [-0.25, -0.2) is 0 Å². The number of nitrogens with zero attached hydrogens (tertiary/aromatic N) is 1. The first kappa shape index (κ1) is 14.9. The minimum atomic E-state index is -0.239. The van der Waals surface area contributed by atoms with E-state index in [4.69, 9.17) is 0 Å². The van der Waals surface area contributed by atoms with Crippen molar-refractivity contribution in [2.45, 2.75) is 40.2 Å². The molecule has 3 heteroatoms. The molecular formula is C12H28N2O. The predicted molar refractivity (Wildman–Crippen MR) is 66.1 cm³/mol. The van der Waals surface area contributed by atoms with Crippen LogP contribution in [0.3, 0.4) is 0 Å². The van der Waals surface area contributed by atoms with Crippen LogP contribution in [-0.4, -0.2) is 48.8 Å². The molecule has 0 heterocycles. The van der Waals surface area contributed by atoms with Crippen LogP contribution in [0.5, 0.6) is 0 Å². The number of hydrogen-bond acceptors (Lipinski definition) is 3. The van der Waals surface area contributed by atoms with Crippen LogP contribution in [0.1, 0.15) is 34.1 Å². The van der Waals surface area contributed by atoms with E-state index in [1.54, 1.807) is 0 Å². The Labute approximate surface area is 94.9 Å². The van der Waals surface area contributed by atoms with Crippen LogP contribution in [0.15, 0.2) is 0 Å². The quantitative estimate of drug-likeness (QED) is 0.571. The minimum Gasteiger partial charge on any atom is -0.390 e. The fourth-order valence-electron chi connectivity index (χ4n) is 1.50. The van der Waals surface area contributed by atoms with Gasteiger partial charge in [-0.2, -0.15) is 0 Å². The van der Waals surface area contributed by atoms with Gasteiger partial charge in [0, 0.05) is 13.1 Å². The molecule has 0 aliphatic heterocycles. The van der Waals surface area contributed by atoms with Crippen molar-refractivity contribution >= 4 is 0 Å². The molecule has 92 valence electrons. The van der Waals surface area contributed by atoms with E-state index >= 15 is 0 Å². The van der Waals surface area contributed by atoms with Gasteiger partial charge < -0.3 is 15.3 Å². The van der Waals surface area contributed by atoms with Gasteiger partial charge in [-0.3, -0.25) is 0 Å². The molecule has 0 aliphatic carbocycles. The standard InChI is InChI=1S/C12H28N2O/c1-5-14(6-2)10-12(15)9-13-8-7-11(3)4/h11-13,15H,5-10H2,1-4H3. The lowest BCUT2D eigenvalue weighted by atomic mass is 10.1. The first-order valence-electron chi connectivity index (χ1n) is 6.21. The summed E-state index contributed by atoms with van der Waals surface area (Å²) < 4.78 is 0. The lowest BCUT2D eigenvalue weighted by Crippen LogP contribution is -2.38. The van der Waals surface area contributed by atoms with Gasteiger partial charge in [0.05, 0.1) is 6.10 Å². The highest BCUT2D eigenvalue weighted by Gasteiger charge is 2.07. The van der Waals surface area contributed by atoms with Gasteiger partial charge >= 0.3 is 0 Å². The van der Waals surface area contributed by atoms with Crippen LogP contribution in [-0.2, 0) is 0 Å². The fraction of sp³-hybridized carbons (Fsp3) is 1.00. The SMILES string of the molecule is CCN(CC)CC(O)CNCCC(C)C. The van der Waals surface area contributed by atoms with E-state index in [2.05, 4.69) is 37.9 Å². The molecule has 15 heavy (non-hydrogen) atoms. The van der Waals surface area contributed by atoms with Crippen molar-refractivity contribution in [3.8, 4) is 0 Å². The summed E-state index contributed by atoms with van der Waals surface area (Å²) in [5, 5.41) is 13.0. The fourth-order valence-corrected chi connectivity index (χ4v) is 1.50. The van der Waals surface area contributed by atoms with Crippen molar-refractivity contribution in [3.05, 3.63) is 0 Å². The monoisotopic (exact) mass is 216 g/mol. The third kappa shape index (κ3) is 8.85.